The highest BCUT2D eigenvalue weighted by atomic mass is 16.5. The molecule has 2 N–H and O–H groups in total. The van der Waals surface area contributed by atoms with Crippen LogP contribution in [0.15, 0.2) is 36.4 Å². The molecule has 108 valence electrons. The maximum atomic E-state index is 11.5. The van der Waals surface area contributed by atoms with E-state index in [9.17, 15) is 9.90 Å². The van der Waals surface area contributed by atoms with Crippen LogP contribution >= 0.6 is 0 Å². The first kappa shape index (κ1) is 14.4. The summed E-state index contributed by atoms with van der Waals surface area (Å²) in [4.78, 5) is 11.5. The van der Waals surface area contributed by atoms with E-state index in [-0.39, 0.29) is 5.92 Å². The third-order valence-corrected chi connectivity index (χ3v) is 3.81. The van der Waals surface area contributed by atoms with Crippen LogP contribution in [0.4, 0.5) is 5.69 Å². The molecule has 1 aliphatic carbocycles. The van der Waals surface area contributed by atoms with Gasteiger partial charge in [-0.2, -0.15) is 0 Å². The van der Waals surface area contributed by atoms with E-state index < -0.39 is 12.0 Å². The fourth-order valence-corrected chi connectivity index (χ4v) is 2.72. The van der Waals surface area contributed by atoms with Crippen LogP contribution in [0.3, 0.4) is 0 Å². The van der Waals surface area contributed by atoms with Gasteiger partial charge in [-0.1, -0.05) is 12.2 Å². The quantitative estimate of drug-likeness (QED) is 0.809. The highest BCUT2D eigenvalue weighted by Gasteiger charge is 2.30. The number of hydrogen-bond acceptors (Lipinski definition) is 3. The smallest absolute Gasteiger partial charge is 0.326 e. The molecule has 1 saturated carbocycles. The second kappa shape index (κ2) is 6.46. The second-order valence-electron chi connectivity index (χ2n) is 5.30. The fraction of sp³-hybridized carbons (Fsp3) is 0.438. The topological polar surface area (TPSA) is 58.6 Å². The number of anilines is 1. The molecule has 1 fully saturated rings. The van der Waals surface area contributed by atoms with Crippen LogP contribution in [0, 0.1) is 5.92 Å². The van der Waals surface area contributed by atoms with Crippen LogP contribution in [-0.4, -0.2) is 24.2 Å². The molecular weight excluding hydrogens is 254 g/mol. The predicted molar refractivity (Wildman–Crippen MR) is 79.1 cm³/mol. The van der Waals surface area contributed by atoms with E-state index in [1.807, 2.05) is 24.3 Å². The fourth-order valence-electron chi connectivity index (χ4n) is 2.72. The Morgan fingerprint density at radius 2 is 2.15 bits per heavy atom. The number of methoxy groups -OCH3 is 1. The summed E-state index contributed by atoms with van der Waals surface area (Å²) < 4.78 is 5.10. The first-order valence-electron chi connectivity index (χ1n) is 6.90. The van der Waals surface area contributed by atoms with Gasteiger partial charge in [-0.3, -0.25) is 0 Å². The summed E-state index contributed by atoms with van der Waals surface area (Å²) in [7, 11) is 1.61. The van der Waals surface area contributed by atoms with Crippen molar-refractivity contribution in [3.63, 3.8) is 0 Å². The molecule has 1 aromatic carbocycles. The number of ether oxygens (including phenoxy) is 1. The largest absolute Gasteiger partial charge is 0.497 e. The number of hydrogen-bond donors (Lipinski definition) is 2. The zero-order valence-electron chi connectivity index (χ0n) is 11.8. The molecule has 1 aromatic rings. The molecule has 1 aliphatic rings. The molecule has 1 unspecified atom stereocenters. The summed E-state index contributed by atoms with van der Waals surface area (Å²) in [5, 5.41) is 12.6. The molecule has 0 saturated heterocycles. The van der Waals surface area contributed by atoms with Crippen LogP contribution in [0.2, 0.25) is 0 Å². The summed E-state index contributed by atoms with van der Waals surface area (Å²) in [6.45, 7) is 4.00. The standard InChI is InChI=1S/C16H21NO3/c1-11-4-3-5-12(10-11)15(16(18)19)17-13-6-8-14(20-2)9-7-13/h6-9,12,15,17H,1,3-5,10H2,2H3,(H,18,19)/t12-,15?/m0/s1. The lowest BCUT2D eigenvalue weighted by atomic mass is 9.81. The van der Waals surface area contributed by atoms with E-state index >= 15 is 0 Å². The number of carboxylic acid groups (broad SMARTS) is 1. The lowest BCUT2D eigenvalue weighted by Gasteiger charge is -2.29. The van der Waals surface area contributed by atoms with Gasteiger partial charge in [-0.15, -0.1) is 0 Å². The van der Waals surface area contributed by atoms with Gasteiger partial charge >= 0.3 is 5.97 Å². The first-order chi connectivity index (χ1) is 9.60. The summed E-state index contributed by atoms with van der Waals surface area (Å²) in [5.74, 6) is 0.0600. The van der Waals surface area contributed by atoms with E-state index in [2.05, 4.69) is 11.9 Å². The maximum absolute atomic E-state index is 11.5. The molecular formula is C16H21NO3. The molecule has 0 spiro atoms. The van der Waals surface area contributed by atoms with Crippen LogP contribution in [0.1, 0.15) is 25.7 Å². The van der Waals surface area contributed by atoms with E-state index in [0.717, 1.165) is 42.7 Å². The number of rotatable bonds is 5. The van der Waals surface area contributed by atoms with Gasteiger partial charge in [0.2, 0.25) is 0 Å². The molecule has 0 bridgehead atoms. The van der Waals surface area contributed by atoms with Gasteiger partial charge in [0.25, 0.3) is 0 Å². The molecule has 0 aromatic heterocycles. The Hall–Kier alpha value is -1.97. The average molecular weight is 275 g/mol. The predicted octanol–water partition coefficient (Wildman–Crippen LogP) is 3.31. The number of nitrogens with one attached hydrogen (secondary N) is 1. The monoisotopic (exact) mass is 275 g/mol. The highest BCUT2D eigenvalue weighted by Crippen LogP contribution is 2.31. The first-order valence-corrected chi connectivity index (χ1v) is 6.90. The van der Waals surface area contributed by atoms with Gasteiger partial charge in [0.1, 0.15) is 11.8 Å². The van der Waals surface area contributed by atoms with Crippen molar-refractivity contribution in [2.24, 2.45) is 5.92 Å². The van der Waals surface area contributed by atoms with E-state index in [1.54, 1.807) is 7.11 Å². The van der Waals surface area contributed by atoms with Crippen molar-refractivity contribution in [1.82, 2.24) is 0 Å². The van der Waals surface area contributed by atoms with Crippen LogP contribution in [0.25, 0.3) is 0 Å². The van der Waals surface area contributed by atoms with Crippen molar-refractivity contribution in [3.05, 3.63) is 36.4 Å². The van der Waals surface area contributed by atoms with Gasteiger partial charge in [-0.25, -0.2) is 4.79 Å². The molecule has 0 amide bonds. The Morgan fingerprint density at radius 3 is 2.70 bits per heavy atom. The van der Waals surface area contributed by atoms with E-state index in [1.165, 1.54) is 0 Å². The van der Waals surface area contributed by atoms with Crippen LogP contribution < -0.4 is 10.1 Å². The minimum atomic E-state index is -0.805. The summed E-state index contributed by atoms with van der Waals surface area (Å²) in [6, 6.07) is 6.75. The molecule has 0 heterocycles. The molecule has 4 nitrogen and oxygen atoms in total. The normalized spacial score (nSPS) is 20.2. The third-order valence-electron chi connectivity index (χ3n) is 3.81. The van der Waals surface area contributed by atoms with Crippen LogP contribution in [0.5, 0.6) is 5.75 Å². The van der Waals surface area contributed by atoms with Gasteiger partial charge in [0.05, 0.1) is 7.11 Å². The van der Waals surface area contributed by atoms with Crippen LogP contribution in [-0.2, 0) is 4.79 Å². The average Bonchev–Trinajstić information content (AvgIpc) is 2.45. The molecule has 2 atom stereocenters. The van der Waals surface area contributed by atoms with E-state index in [4.69, 9.17) is 4.74 Å². The van der Waals surface area contributed by atoms with Crippen molar-refractivity contribution in [2.45, 2.75) is 31.7 Å². The molecule has 0 radical (unpaired) electrons. The zero-order valence-corrected chi connectivity index (χ0v) is 11.8. The molecule has 4 heteroatoms. The minimum absolute atomic E-state index is 0.107. The number of carboxylic acids is 1. The van der Waals surface area contributed by atoms with Gasteiger partial charge in [0.15, 0.2) is 0 Å². The molecule has 0 aliphatic heterocycles. The van der Waals surface area contributed by atoms with Crippen molar-refractivity contribution in [2.75, 3.05) is 12.4 Å². The number of aliphatic carboxylic acids is 1. The second-order valence-corrected chi connectivity index (χ2v) is 5.30. The molecule has 2 rings (SSSR count). The Labute approximate surface area is 119 Å². The number of allylic oxidation sites excluding steroid dienone is 1. The number of benzene rings is 1. The van der Waals surface area contributed by atoms with Crippen molar-refractivity contribution in [3.8, 4) is 5.75 Å². The van der Waals surface area contributed by atoms with Gasteiger partial charge in [-0.05, 0) is 55.9 Å². The summed E-state index contributed by atoms with van der Waals surface area (Å²) in [6.07, 6.45) is 3.77. The Morgan fingerprint density at radius 1 is 1.45 bits per heavy atom. The summed E-state index contributed by atoms with van der Waals surface area (Å²) in [5.41, 5.74) is 1.96. The SMILES string of the molecule is C=C1CCC[C@H](C(Nc2ccc(OC)cc2)C(=O)O)C1. The Bertz CT molecular complexity index is 481. The summed E-state index contributed by atoms with van der Waals surface area (Å²) >= 11 is 0. The van der Waals surface area contributed by atoms with E-state index in [0.29, 0.717) is 0 Å². The van der Waals surface area contributed by atoms with Gasteiger partial charge in [0, 0.05) is 5.69 Å². The lowest BCUT2D eigenvalue weighted by molar-refractivity contribution is -0.139. The minimum Gasteiger partial charge on any atom is -0.497 e. The molecule has 20 heavy (non-hydrogen) atoms. The Balaban J connectivity index is 2.08. The highest BCUT2D eigenvalue weighted by molar-refractivity contribution is 5.78. The third kappa shape index (κ3) is 3.53. The number of carbonyl (C=O) groups is 1. The zero-order chi connectivity index (χ0) is 14.5. The Kier molecular flexibility index (Phi) is 4.66. The van der Waals surface area contributed by atoms with Gasteiger partial charge < -0.3 is 15.2 Å². The van der Waals surface area contributed by atoms with Crippen molar-refractivity contribution < 1.29 is 14.6 Å². The lowest BCUT2D eigenvalue weighted by Crippen LogP contribution is -2.38. The maximum Gasteiger partial charge on any atom is 0.326 e. The van der Waals surface area contributed by atoms with Crippen molar-refractivity contribution >= 4 is 11.7 Å². The van der Waals surface area contributed by atoms with Crippen molar-refractivity contribution in [1.29, 1.82) is 0 Å².